The fourth-order valence-corrected chi connectivity index (χ4v) is 2.27. The molecule has 1 atom stereocenters. The van der Waals surface area contributed by atoms with Crippen molar-refractivity contribution in [2.75, 3.05) is 0 Å². The Kier molecular flexibility index (Phi) is 7.78. The van der Waals surface area contributed by atoms with E-state index in [9.17, 15) is 87.4 Å². The lowest BCUT2D eigenvalue weighted by molar-refractivity contribution is -0.439. The fourth-order valence-electron chi connectivity index (χ4n) is 1.81. The second-order valence-corrected chi connectivity index (χ2v) is 7.57. The van der Waals surface area contributed by atoms with E-state index in [0.717, 1.165) is 0 Å². The number of halogens is 18. The normalized spacial score (nSPS) is 17.3. The highest BCUT2D eigenvalue weighted by Crippen LogP contribution is 2.63. The van der Waals surface area contributed by atoms with Crippen molar-refractivity contribution in [3.8, 4) is 0 Å². The summed E-state index contributed by atoms with van der Waals surface area (Å²) in [7, 11) is -7.89. The van der Waals surface area contributed by atoms with Gasteiger partial charge in [-0.2, -0.15) is 83.1 Å². The summed E-state index contributed by atoms with van der Waals surface area (Å²) in [5.74, 6) is -50.3. The van der Waals surface area contributed by atoms with Crippen LogP contribution in [0, 0.1) is 0 Å². The van der Waals surface area contributed by atoms with Crippen LogP contribution in [0.3, 0.4) is 0 Å². The second-order valence-electron chi connectivity index (χ2n) is 6.11. The van der Waals surface area contributed by atoms with E-state index in [1.807, 2.05) is 0 Å². The van der Waals surface area contributed by atoms with E-state index in [-0.39, 0.29) is 0 Å². The van der Waals surface area contributed by atoms with Crippen molar-refractivity contribution < 1.29 is 92.0 Å². The summed E-state index contributed by atoms with van der Waals surface area (Å²) in [6.07, 6.45) is -16.5. The third kappa shape index (κ3) is 4.64. The molecule has 0 bridgehead atoms. The van der Waals surface area contributed by atoms with Gasteiger partial charge in [0, 0.05) is 6.42 Å². The molecule has 0 spiro atoms. The minimum atomic E-state index is -8.78. The van der Waals surface area contributed by atoms with Crippen molar-refractivity contribution >= 4 is 10.1 Å². The maximum atomic E-state index is 13.4. The molecular weight excluding hydrogens is 554 g/mol. The van der Waals surface area contributed by atoms with E-state index in [2.05, 4.69) is 0 Å². The quantitative estimate of drug-likeness (QED) is 0.265. The van der Waals surface area contributed by atoms with Crippen LogP contribution in [0.5, 0.6) is 0 Å². The van der Waals surface area contributed by atoms with E-state index in [1.165, 1.54) is 0 Å². The van der Waals surface area contributed by atoms with Gasteiger partial charge in [0.2, 0.25) is 0 Å². The zero-order valence-electron chi connectivity index (χ0n) is 14.5. The molecule has 3 nitrogen and oxygen atoms in total. The van der Waals surface area contributed by atoms with Crippen LogP contribution < -0.4 is 0 Å². The molecule has 0 saturated carbocycles. The van der Waals surface area contributed by atoms with Crippen LogP contribution in [-0.2, 0) is 10.1 Å². The molecule has 0 aromatic carbocycles. The van der Waals surface area contributed by atoms with E-state index in [1.54, 1.807) is 0 Å². The highest BCUT2D eigenvalue weighted by molar-refractivity contribution is 7.87. The van der Waals surface area contributed by atoms with Crippen LogP contribution >= 0.6 is 0 Å². The van der Waals surface area contributed by atoms with Gasteiger partial charge in [-0.05, 0) is 6.42 Å². The van der Waals surface area contributed by atoms with Crippen LogP contribution in [0.2, 0.25) is 0 Å². The van der Waals surface area contributed by atoms with Crippen LogP contribution in [0.4, 0.5) is 79.0 Å². The molecule has 0 aromatic rings. The summed E-state index contributed by atoms with van der Waals surface area (Å²) in [6.45, 7) is 0. The molecular formula is C11H6F18O3S. The first kappa shape index (κ1) is 31.6. The summed E-state index contributed by atoms with van der Waals surface area (Å²) >= 11 is 0. The molecule has 0 amide bonds. The number of rotatable bonds is 10. The Balaban J connectivity index is 6.64. The van der Waals surface area contributed by atoms with Gasteiger partial charge in [-0.25, -0.2) is 4.39 Å². The Morgan fingerprint density at radius 3 is 1.18 bits per heavy atom. The SMILES string of the molecule is O=S(=O)(O)C(F)(F)C(F)(F)C(F)(F)C(F)(F)C(F)(F)C(F)(F)C(F)(F)C(F)CCC(F)(F)F. The predicted octanol–water partition coefficient (Wildman–Crippen LogP) is 5.96. The fraction of sp³-hybridized carbons (Fsp3) is 1.00. The lowest BCUT2D eigenvalue weighted by Gasteiger charge is -2.42. The Morgan fingerprint density at radius 2 is 0.879 bits per heavy atom. The van der Waals surface area contributed by atoms with Crippen LogP contribution in [0.15, 0.2) is 0 Å². The molecule has 200 valence electrons. The molecule has 0 fully saturated rings. The van der Waals surface area contributed by atoms with Crippen molar-refractivity contribution in [1.29, 1.82) is 0 Å². The summed E-state index contributed by atoms with van der Waals surface area (Å²) in [5, 5.41) is -7.82. The van der Waals surface area contributed by atoms with E-state index >= 15 is 0 Å². The Hall–Kier alpha value is -1.35. The zero-order valence-corrected chi connectivity index (χ0v) is 15.3. The minimum absolute atomic E-state index is 2.80. The van der Waals surface area contributed by atoms with Crippen molar-refractivity contribution in [2.24, 2.45) is 0 Å². The first-order valence-corrected chi connectivity index (χ1v) is 8.64. The standard InChI is InChI=1S/C11H6F18O3S/c12-3(1-2-4(13,14)15)5(16,17)6(18,19)7(20,21)8(22,23)9(24,25)10(26,27)11(28,29)33(30,31)32/h3H,1-2H2,(H,30,31,32). The predicted molar refractivity (Wildman–Crippen MR) is 66.4 cm³/mol. The third-order valence-corrected chi connectivity index (χ3v) is 4.66. The maximum absolute atomic E-state index is 13.4. The molecule has 0 saturated heterocycles. The lowest BCUT2D eigenvalue weighted by Crippen LogP contribution is -2.74. The second kappa shape index (κ2) is 8.11. The van der Waals surface area contributed by atoms with Gasteiger partial charge in [0.1, 0.15) is 0 Å². The molecule has 0 aliphatic carbocycles. The highest BCUT2D eigenvalue weighted by Gasteiger charge is 2.94. The Bertz CT molecular complexity index is 813. The highest BCUT2D eigenvalue weighted by atomic mass is 32.2. The summed E-state index contributed by atoms with van der Waals surface area (Å²) in [6, 6.07) is 0. The smallest absolute Gasteiger partial charge is 0.281 e. The first-order chi connectivity index (χ1) is 13.9. The van der Waals surface area contributed by atoms with Crippen LogP contribution in [-0.4, -0.2) is 66.1 Å². The van der Waals surface area contributed by atoms with Gasteiger partial charge in [0.05, 0.1) is 0 Å². The summed E-state index contributed by atoms with van der Waals surface area (Å²) < 4.78 is 262. The monoisotopic (exact) mass is 560 g/mol. The van der Waals surface area contributed by atoms with Gasteiger partial charge in [-0.15, -0.1) is 0 Å². The van der Waals surface area contributed by atoms with Crippen molar-refractivity contribution in [2.45, 2.75) is 66.0 Å². The van der Waals surface area contributed by atoms with Gasteiger partial charge in [0.25, 0.3) is 0 Å². The van der Waals surface area contributed by atoms with Crippen LogP contribution in [0.25, 0.3) is 0 Å². The van der Waals surface area contributed by atoms with Gasteiger partial charge in [-0.1, -0.05) is 0 Å². The van der Waals surface area contributed by atoms with Gasteiger partial charge >= 0.3 is 57.1 Å². The molecule has 0 aromatic heterocycles. The topological polar surface area (TPSA) is 54.4 Å². The lowest BCUT2D eigenvalue weighted by atomic mass is 9.89. The summed E-state index contributed by atoms with van der Waals surface area (Å²) in [4.78, 5) is 0. The Morgan fingerprint density at radius 1 is 0.576 bits per heavy atom. The van der Waals surface area contributed by atoms with Gasteiger partial charge in [-0.3, -0.25) is 4.55 Å². The van der Waals surface area contributed by atoms with E-state index in [0.29, 0.717) is 0 Å². The molecule has 0 heterocycles. The Labute approximate surface area is 169 Å². The molecule has 0 radical (unpaired) electrons. The molecule has 0 rings (SSSR count). The molecule has 1 unspecified atom stereocenters. The molecule has 0 aliphatic rings. The largest absolute Gasteiger partial charge is 0.438 e. The number of hydrogen-bond donors (Lipinski definition) is 1. The average molecular weight is 560 g/mol. The molecule has 22 heteroatoms. The van der Waals surface area contributed by atoms with E-state index < -0.39 is 76.1 Å². The zero-order chi connectivity index (χ0) is 27.5. The van der Waals surface area contributed by atoms with Gasteiger partial charge in [0.15, 0.2) is 6.17 Å². The number of hydrogen-bond acceptors (Lipinski definition) is 2. The van der Waals surface area contributed by atoms with E-state index in [4.69, 9.17) is 4.55 Å². The maximum Gasteiger partial charge on any atom is 0.438 e. The average Bonchev–Trinajstić information content (AvgIpc) is 2.56. The minimum Gasteiger partial charge on any atom is -0.281 e. The summed E-state index contributed by atoms with van der Waals surface area (Å²) in [5.41, 5.74) is 0. The van der Waals surface area contributed by atoms with Crippen molar-refractivity contribution in [1.82, 2.24) is 0 Å². The first-order valence-electron chi connectivity index (χ1n) is 7.20. The van der Waals surface area contributed by atoms with Crippen LogP contribution in [0.1, 0.15) is 12.8 Å². The molecule has 1 N–H and O–H groups in total. The molecule has 0 aliphatic heterocycles. The van der Waals surface area contributed by atoms with Crippen molar-refractivity contribution in [3.05, 3.63) is 0 Å². The van der Waals surface area contributed by atoms with Gasteiger partial charge < -0.3 is 0 Å². The third-order valence-electron chi connectivity index (χ3n) is 3.76. The number of alkyl halides is 18. The van der Waals surface area contributed by atoms with Crippen molar-refractivity contribution in [3.63, 3.8) is 0 Å². The molecule has 33 heavy (non-hydrogen) atoms.